The van der Waals surface area contributed by atoms with Gasteiger partial charge in [-0.25, -0.2) is 0 Å². The van der Waals surface area contributed by atoms with Gasteiger partial charge in [0.05, 0.1) is 16.6 Å². The van der Waals surface area contributed by atoms with E-state index in [2.05, 4.69) is 25.5 Å². The van der Waals surface area contributed by atoms with E-state index < -0.39 is 0 Å². The molecule has 0 spiro atoms. The lowest BCUT2D eigenvalue weighted by molar-refractivity contribution is 0.225. The maximum atomic E-state index is 6.01. The van der Waals surface area contributed by atoms with Crippen LogP contribution in [0.1, 0.15) is 6.42 Å². The second-order valence-corrected chi connectivity index (χ2v) is 6.08. The second kappa shape index (κ2) is 5.82. The van der Waals surface area contributed by atoms with Crippen molar-refractivity contribution in [1.29, 1.82) is 0 Å². The normalized spacial score (nSPS) is 17.8. The molecule has 1 aliphatic rings. The Balaban J connectivity index is 1.46. The fourth-order valence-corrected chi connectivity index (χ4v) is 2.87. The van der Waals surface area contributed by atoms with Gasteiger partial charge in [-0.1, -0.05) is 23.2 Å². The molecule has 1 saturated heterocycles. The highest BCUT2D eigenvalue weighted by atomic mass is 35.5. The molecule has 0 N–H and O–H groups in total. The number of tetrazole rings is 1. The van der Waals surface area contributed by atoms with Crippen LogP contribution >= 0.6 is 23.2 Å². The molecule has 0 radical (unpaired) electrons. The zero-order valence-corrected chi connectivity index (χ0v) is 13.4. The molecule has 1 fully saturated rings. The lowest BCUT2D eigenvalue weighted by Crippen LogP contribution is -2.25. The van der Waals surface area contributed by atoms with Crippen LogP contribution in [-0.4, -0.2) is 44.4 Å². The number of hydrogen-bond donors (Lipinski definition) is 0. The lowest BCUT2D eigenvalue weighted by atomic mass is 10.3. The van der Waals surface area contributed by atoms with Crippen LogP contribution in [0.3, 0.4) is 0 Å². The summed E-state index contributed by atoms with van der Waals surface area (Å²) in [4.78, 5) is 2.14. The van der Waals surface area contributed by atoms with E-state index >= 15 is 0 Å². The zero-order valence-electron chi connectivity index (χ0n) is 11.9. The second-order valence-electron chi connectivity index (χ2n) is 5.27. The van der Waals surface area contributed by atoms with E-state index in [9.17, 15) is 0 Å². The molecule has 1 aromatic carbocycles. The topological polar surface area (TPSA) is 68.4 Å². The molecule has 3 aromatic rings. The number of benzene rings is 1. The van der Waals surface area contributed by atoms with E-state index in [0.29, 0.717) is 15.7 Å². The first-order chi connectivity index (χ1) is 11.2. The Hall–Kier alpha value is -2.12. The summed E-state index contributed by atoms with van der Waals surface area (Å²) in [6.07, 6.45) is 0.967. The molecule has 1 atom stereocenters. The summed E-state index contributed by atoms with van der Waals surface area (Å²) in [6.45, 7) is 1.59. The molecule has 3 heterocycles. The van der Waals surface area contributed by atoms with Crippen molar-refractivity contribution in [2.75, 3.05) is 18.0 Å². The van der Waals surface area contributed by atoms with E-state index in [1.165, 1.54) is 4.63 Å². The van der Waals surface area contributed by atoms with Crippen molar-refractivity contribution in [3.8, 4) is 5.75 Å². The van der Waals surface area contributed by atoms with Crippen LogP contribution in [0.25, 0.3) is 5.65 Å². The van der Waals surface area contributed by atoms with E-state index in [4.69, 9.17) is 27.9 Å². The minimum atomic E-state index is 0.0682. The van der Waals surface area contributed by atoms with Crippen LogP contribution in [-0.2, 0) is 0 Å². The van der Waals surface area contributed by atoms with E-state index in [0.717, 1.165) is 31.1 Å². The average Bonchev–Trinajstić information content (AvgIpc) is 3.19. The quantitative estimate of drug-likeness (QED) is 0.722. The largest absolute Gasteiger partial charge is 0.488 e. The number of aromatic nitrogens is 5. The molecule has 2 aromatic heterocycles. The van der Waals surface area contributed by atoms with E-state index in [1.54, 1.807) is 12.1 Å². The van der Waals surface area contributed by atoms with Crippen LogP contribution in [0.5, 0.6) is 5.75 Å². The van der Waals surface area contributed by atoms with E-state index in [-0.39, 0.29) is 6.10 Å². The summed E-state index contributed by atoms with van der Waals surface area (Å²) in [5.41, 5.74) is 0.622. The third kappa shape index (κ3) is 2.89. The molecule has 23 heavy (non-hydrogen) atoms. The summed E-state index contributed by atoms with van der Waals surface area (Å²) in [7, 11) is 0. The van der Waals surface area contributed by atoms with Gasteiger partial charge < -0.3 is 9.64 Å². The van der Waals surface area contributed by atoms with Crippen molar-refractivity contribution >= 4 is 34.7 Å². The molecule has 7 nitrogen and oxygen atoms in total. The molecule has 1 aliphatic heterocycles. The first-order valence-corrected chi connectivity index (χ1v) is 7.87. The van der Waals surface area contributed by atoms with Crippen LogP contribution < -0.4 is 9.64 Å². The van der Waals surface area contributed by atoms with Gasteiger partial charge in [0.2, 0.25) is 0 Å². The average molecular weight is 351 g/mol. The van der Waals surface area contributed by atoms with Gasteiger partial charge in [0, 0.05) is 19.0 Å². The highest BCUT2D eigenvalue weighted by Crippen LogP contribution is 2.28. The Morgan fingerprint density at radius 3 is 2.91 bits per heavy atom. The number of anilines is 1. The lowest BCUT2D eigenvalue weighted by Gasteiger charge is -2.17. The van der Waals surface area contributed by atoms with Gasteiger partial charge in [0.15, 0.2) is 11.5 Å². The molecular weight excluding hydrogens is 339 g/mol. The molecule has 0 unspecified atom stereocenters. The predicted molar refractivity (Wildman–Crippen MR) is 86.3 cm³/mol. The van der Waals surface area contributed by atoms with Crippen molar-refractivity contribution in [3.63, 3.8) is 0 Å². The molecule has 118 valence electrons. The van der Waals surface area contributed by atoms with Gasteiger partial charge in [0.1, 0.15) is 11.9 Å². The van der Waals surface area contributed by atoms with Crippen molar-refractivity contribution in [1.82, 2.24) is 25.3 Å². The first kappa shape index (κ1) is 14.5. The van der Waals surface area contributed by atoms with E-state index in [1.807, 2.05) is 18.2 Å². The number of fused-ring (bicyclic) bond motifs is 1. The number of nitrogens with zero attached hydrogens (tertiary/aromatic N) is 6. The summed E-state index contributed by atoms with van der Waals surface area (Å²) in [5, 5.41) is 16.7. The minimum absolute atomic E-state index is 0.0682. The Morgan fingerprint density at radius 1 is 1.13 bits per heavy atom. The summed E-state index contributed by atoms with van der Waals surface area (Å²) < 4.78 is 7.39. The van der Waals surface area contributed by atoms with Gasteiger partial charge in [-0.3, -0.25) is 0 Å². The van der Waals surface area contributed by atoms with Gasteiger partial charge in [0.25, 0.3) is 0 Å². The Bertz CT molecular complexity index is 854. The monoisotopic (exact) mass is 350 g/mol. The number of ether oxygens (including phenoxy) is 1. The van der Waals surface area contributed by atoms with Crippen molar-refractivity contribution in [3.05, 3.63) is 40.4 Å². The number of halogens is 2. The van der Waals surface area contributed by atoms with Crippen LogP contribution in [0.2, 0.25) is 10.0 Å². The zero-order chi connectivity index (χ0) is 15.8. The van der Waals surface area contributed by atoms with Gasteiger partial charge in [-0.2, -0.15) is 0 Å². The standard InChI is InChI=1S/C14H12Cl2N6O/c15-11-2-1-9(7-12(11)16)23-10-5-6-21(8-10)14-4-3-13-17-19-20-22(13)18-14/h1-4,7,10H,5-6,8H2/t10-/m0/s1. The highest BCUT2D eigenvalue weighted by Gasteiger charge is 2.25. The third-order valence-electron chi connectivity index (χ3n) is 3.72. The first-order valence-electron chi connectivity index (χ1n) is 7.11. The Morgan fingerprint density at radius 2 is 2.04 bits per heavy atom. The minimum Gasteiger partial charge on any atom is -0.488 e. The van der Waals surface area contributed by atoms with Gasteiger partial charge >= 0.3 is 0 Å². The molecule has 0 bridgehead atoms. The molecule has 9 heteroatoms. The maximum Gasteiger partial charge on any atom is 0.200 e. The SMILES string of the molecule is Clc1ccc(O[C@H]2CCN(c3ccc4nnnn4n3)C2)cc1Cl. The highest BCUT2D eigenvalue weighted by molar-refractivity contribution is 6.42. The number of hydrogen-bond acceptors (Lipinski definition) is 6. The summed E-state index contributed by atoms with van der Waals surface area (Å²) in [5.74, 6) is 1.54. The Kier molecular flexibility index (Phi) is 3.66. The smallest absolute Gasteiger partial charge is 0.200 e. The van der Waals surface area contributed by atoms with Gasteiger partial charge in [-0.05, 0) is 34.7 Å². The van der Waals surface area contributed by atoms with Crippen molar-refractivity contribution in [2.45, 2.75) is 12.5 Å². The Labute approximate surface area is 141 Å². The van der Waals surface area contributed by atoms with Gasteiger partial charge in [-0.15, -0.1) is 14.8 Å². The molecular formula is C14H12Cl2N6O. The van der Waals surface area contributed by atoms with Crippen LogP contribution in [0, 0.1) is 0 Å². The van der Waals surface area contributed by atoms with Crippen LogP contribution in [0.4, 0.5) is 5.82 Å². The molecule has 0 amide bonds. The fraction of sp³-hybridized carbons (Fsp3) is 0.286. The molecule has 4 rings (SSSR count). The summed E-state index contributed by atoms with van der Waals surface area (Å²) in [6, 6.07) is 9.04. The fourth-order valence-electron chi connectivity index (χ4n) is 2.58. The predicted octanol–water partition coefficient (Wildman–Crippen LogP) is 2.48. The molecule has 0 aliphatic carbocycles. The number of rotatable bonds is 3. The third-order valence-corrected chi connectivity index (χ3v) is 4.46. The summed E-state index contributed by atoms with van der Waals surface area (Å²) >= 11 is 11.9. The molecule has 0 saturated carbocycles. The van der Waals surface area contributed by atoms with Crippen LogP contribution in [0.15, 0.2) is 30.3 Å². The van der Waals surface area contributed by atoms with Crippen molar-refractivity contribution < 1.29 is 4.74 Å². The maximum absolute atomic E-state index is 6.01. The van der Waals surface area contributed by atoms with Crippen molar-refractivity contribution in [2.24, 2.45) is 0 Å².